The van der Waals surface area contributed by atoms with Crippen molar-refractivity contribution in [1.29, 1.82) is 0 Å². The summed E-state index contributed by atoms with van der Waals surface area (Å²) in [5.74, 6) is 1.54. The van der Waals surface area contributed by atoms with Crippen LogP contribution in [-0.2, 0) is 11.3 Å². The summed E-state index contributed by atoms with van der Waals surface area (Å²) in [4.78, 5) is 12.5. The molecule has 0 aliphatic rings. The van der Waals surface area contributed by atoms with Gasteiger partial charge in [0.25, 0.3) is 0 Å². The van der Waals surface area contributed by atoms with E-state index in [1.165, 1.54) is 11.8 Å². The van der Waals surface area contributed by atoms with Crippen molar-refractivity contribution in [2.24, 2.45) is 0 Å². The number of thioether (sulfide) groups is 1. The van der Waals surface area contributed by atoms with E-state index in [9.17, 15) is 4.79 Å². The van der Waals surface area contributed by atoms with E-state index in [-0.39, 0.29) is 17.7 Å². The highest BCUT2D eigenvalue weighted by Crippen LogP contribution is 2.27. The summed E-state index contributed by atoms with van der Waals surface area (Å²) >= 11 is 13.3. The average molecular weight is 477 g/mol. The molecule has 9 heteroatoms. The quantitative estimate of drug-likeness (QED) is 0.330. The molecule has 0 saturated heterocycles. The van der Waals surface area contributed by atoms with Crippen LogP contribution in [0.15, 0.2) is 60.3 Å². The van der Waals surface area contributed by atoms with Gasteiger partial charge in [0.1, 0.15) is 5.75 Å². The number of carbonyl (C=O) groups excluding carboxylic acids is 1. The molecule has 1 N–H and O–H groups in total. The summed E-state index contributed by atoms with van der Waals surface area (Å²) in [6.07, 6.45) is 1.77. The Hall–Kier alpha value is -2.48. The van der Waals surface area contributed by atoms with Crippen LogP contribution in [0.2, 0.25) is 10.0 Å². The number of carbonyl (C=O) groups is 1. The third-order valence-electron chi connectivity index (χ3n) is 4.53. The maximum atomic E-state index is 12.5. The van der Waals surface area contributed by atoms with E-state index in [1.807, 2.05) is 41.8 Å². The van der Waals surface area contributed by atoms with Crippen molar-refractivity contribution in [2.45, 2.75) is 24.7 Å². The van der Waals surface area contributed by atoms with Crippen molar-refractivity contribution < 1.29 is 9.53 Å². The first kappa shape index (κ1) is 23.2. The second kappa shape index (κ2) is 10.7. The van der Waals surface area contributed by atoms with Crippen LogP contribution in [0.4, 0.5) is 0 Å². The van der Waals surface area contributed by atoms with Gasteiger partial charge in [-0.1, -0.05) is 47.1 Å². The highest BCUT2D eigenvalue weighted by Gasteiger charge is 2.16. The molecule has 1 amide bonds. The molecule has 1 atom stereocenters. The molecule has 162 valence electrons. The fraction of sp³-hybridized carbons (Fsp3) is 0.227. The van der Waals surface area contributed by atoms with Gasteiger partial charge in [-0.3, -0.25) is 9.36 Å². The lowest BCUT2D eigenvalue weighted by Crippen LogP contribution is -2.28. The van der Waals surface area contributed by atoms with Crippen molar-refractivity contribution in [2.75, 3.05) is 12.9 Å². The standard InChI is InChI=1S/C22H22Cl2N4O2S/c1-4-11-28-21(15-5-8-17(30-3)9-6-15)26-27-22(28)31-13-20(29)25-14(2)16-7-10-18(23)19(24)12-16/h4-10,12,14H,1,11,13H2,2-3H3,(H,25,29). The maximum absolute atomic E-state index is 12.5. The largest absolute Gasteiger partial charge is 0.497 e. The smallest absolute Gasteiger partial charge is 0.230 e. The number of nitrogens with one attached hydrogen (secondary N) is 1. The molecule has 0 spiro atoms. The zero-order chi connectivity index (χ0) is 22.4. The summed E-state index contributed by atoms with van der Waals surface area (Å²) in [6, 6.07) is 12.7. The molecule has 0 bridgehead atoms. The first-order chi connectivity index (χ1) is 14.9. The third-order valence-corrected chi connectivity index (χ3v) is 6.24. The van der Waals surface area contributed by atoms with Gasteiger partial charge in [-0.15, -0.1) is 16.8 Å². The number of allylic oxidation sites excluding steroid dienone is 1. The summed E-state index contributed by atoms with van der Waals surface area (Å²) < 4.78 is 7.13. The number of nitrogens with zero attached hydrogens (tertiary/aromatic N) is 3. The Labute approximate surface area is 195 Å². The van der Waals surface area contributed by atoms with E-state index < -0.39 is 0 Å². The topological polar surface area (TPSA) is 69.0 Å². The second-order valence-corrected chi connectivity index (χ2v) is 8.44. The number of methoxy groups -OCH3 is 1. The Bertz CT molecular complexity index is 1070. The molecule has 0 saturated carbocycles. The normalized spacial score (nSPS) is 11.7. The predicted octanol–water partition coefficient (Wildman–Crippen LogP) is 5.42. The number of hydrogen-bond acceptors (Lipinski definition) is 5. The molecular formula is C22H22Cl2N4O2S. The van der Waals surface area contributed by atoms with Crippen LogP contribution in [0.25, 0.3) is 11.4 Å². The van der Waals surface area contributed by atoms with Gasteiger partial charge in [-0.05, 0) is 48.9 Å². The first-order valence-electron chi connectivity index (χ1n) is 9.48. The summed E-state index contributed by atoms with van der Waals surface area (Å²) in [6.45, 7) is 6.23. The van der Waals surface area contributed by atoms with Crippen molar-refractivity contribution in [3.05, 3.63) is 70.7 Å². The van der Waals surface area contributed by atoms with Gasteiger partial charge in [-0.25, -0.2) is 0 Å². The van der Waals surface area contributed by atoms with Crippen molar-refractivity contribution >= 4 is 40.9 Å². The molecule has 1 unspecified atom stereocenters. The minimum Gasteiger partial charge on any atom is -0.497 e. The SMILES string of the molecule is C=CCn1c(SCC(=O)NC(C)c2ccc(Cl)c(Cl)c2)nnc1-c1ccc(OC)cc1. The maximum Gasteiger partial charge on any atom is 0.230 e. The van der Waals surface area contributed by atoms with Gasteiger partial charge in [0, 0.05) is 12.1 Å². The number of halogens is 2. The second-order valence-electron chi connectivity index (χ2n) is 6.69. The van der Waals surface area contributed by atoms with E-state index in [0.29, 0.717) is 27.6 Å². The Kier molecular flexibility index (Phi) is 8.01. The molecule has 3 rings (SSSR count). The number of rotatable bonds is 9. The summed E-state index contributed by atoms with van der Waals surface area (Å²) in [5, 5.41) is 13.1. The van der Waals surface area contributed by atoms with Crippen molar-refractivity contribution in [3.63, 3.8) is 0 Å². The van der Waals surface area contributed by atoms with Gasteiger partial charge in [0.15, 0.2) is 11.0 Å². The van der Waals surface area contributed by atoms with Gasteiger partial charge in [-0.2, -0.15) is 0 Å². The van der Waals surface area contributed by atoms with Crippen LogP contribution in [0.1, 0.15) is 18.5 Å². The van der Waals surface area contributed by atoms with Gasteiger partial charge in [0.05, 0.1) is 28.9 Å². The average Bonchev–Trinajstić information content (AvgIpc) is 3.17. The minimum atomic E-state index is -0.205. The van der Waals surface area contributed by atoms with Crippen LogP contribution in [0, 0.1) is 0 Å². The lowest BCUT2D eigenvalue weighted by atomic mass is 10.1. The lowest BCUT2D eigenvalue weighted by molar-refractivity contribution is -0.119. The lowest BCUT2D eigenvalue weighted by Gasteiger charge is -2.15. The number of amides is 1. The summed E-state index contributed by atoms with van der Waals surface area (Å²) in [7, 11) is 1.62. The Balaban J connectivity index is 1.67. The van der Waals surface area contributed by atoms with Gasteiger partial charge >= 0.3 is 0 Å². The van der Waals surface area contributed by atoms with E-state index >= 15 is 0 Å². The van der Waals surface area contributed by atoms with E-state index in [4.69, 9.17) is 27.9 Å². The molecule has 0 aliphatic carbocycles. The van der Waals surface area contributed by atoms with Crippen molar-refractivity contribution in [3.8, 4) is 17.1 Å². The minimum absolute atomic E-state index is 0.122. The fourth-order valence-electron chi connectivity index (χ4n) is 2.92. The highest BCUT2D eigenvalue weighted by molar-refractivity contribution is 7.99. The number of aromatic nitrogens is 3. The molecule has 0 radical (unpaired) electrons. The first-order valence-corrected chi connectivity index (χ1v) is 11.2. The zero-order valence-electron chi connectivity index (χ0n) is 17.1. The van der Waals surface area contributed by atoms with Gasteiger partial charge in [0.2, 0.25) is 5.91 Å². The van der Waals surface area contributed by atoms with Crippen molar-refractivity contribution in [1.82, 2.24) is 20.1 Å². The highest BCUT2D eigenvalue weighted by atomic mass is 35.5. The van der Waals surface area contributed by atoms with E-state index in [2.05, 4.69) is 22.1 Å². The molecule has 2 aromatic carbocycles. The molecule has 3 aromatic rings. The Morgan fingerprint density at radius 2 is 1.97 bits per heavy atom. The molecule has 6 nitrogen and oxygen atoms in total. The number of hydrogen-bond donors (Lipinski definition) is 1. The van der Waals surface area contributed by atoms with Crippen LogP contribution < -0.4 is 10.1 Å². The monoisotopic (exact) mass is 476 g/mol. The molecule has 0 aliphatic heterocycles. The van der Waals surface area contributed by atoms with Crippen LogP contribution in [0.3, 0.4) is 0 Å². The molecule has 31 heavy (non-hydrogen) atoms. The van der Waals surface area contributed by atoms with E-state index in [1.54, 1.807) is 25.3 Å². The van der Waals surface area contributed by atoms with E-state index in [0.717, 1.165) is 16.9 Å². The predicted molar refractivity (Wildman–Crippen MR) is 126 cm³/mol. The Morgan fingerprint density at radius 1 is 1.23 bits per heavy atom. The van der Waals surface area contributed by atoms with Gasteiger partial charge < -0.3 is 10.1 Å². The molecule has 0 fully saturated rings. The third kappa shape index (κ3) is 5.81. The Morgan fingerprint density at radius 3 is 2.61 bits per heavy atom. The van der Waals surface area contributed by atoms with Crippen LogP contribution in [-0.4, -0.2) is 33.5 Å². The van der Waals surface area contributed by atoms with Crippen LogP contribution >= 0.6 is 35.0 Å². The molecule has 1 heterocycles. The fourth-order valence-corrected chi connectivity index (χ4v) is 3.99. The molecular weight excluding hydrogens is 455 g/mol. The van der Waals surface area contributed by atoms with Crippen LogP contribution in [0.5, 0.6) is 5.75 Å². The zero-order valence-corrected chi connectivity index (χ0v) is 19.5. The number of benzene rings is 2. The molecule has 1 aromatic heterocycles. The summed E-state index contributed by atoms with van der Waals surface area (Å²) in [5.41, 5.74) is 1.78. The number of ether oxygens (including phenoxy) is 1.